The number of carboxylic acid groups (broad SMARTS) is 1. The van der Waals surface area contributed by atoms with E-state index >= 15 is 0 Å². The quantitative estimate of drug-likeness (QED) is 0.768. The molecule has 5 nitrogen and oxygen atoms in total. The Balaban J connectivity index is 2.49. The Hall–Kier alpha value is -1.39. The highest BCUT2D eigenvalue weighted by molar-refractivity contribution is 5.97. The molecule has 1 fully saturated rings. The van der Waals surface area contributed by atoms with Crippen LogP contribution in [0, 0.1) is 5.92 Å². The lowest BCUT2D eigenvalue weighted by atomic mass is 10.0. The highest BCUT2D eigenvalue weighted by atomic mass is 16.4. The van der Waals surface area contributed by atoms with E-state index in [1.54, 1.807) is 0 Å². The van der Waals surface area contributed by atoms with Crippen LogP contribution in [0.1, 0.15) is 58.8 Å². The summed E-state index contributed by atoms with van der Waals surface area (Å²) in [4.78, 5) is 35.4. The minimum atomic E-state index is -1.00. The fourth-order valence-corrected chi connectivity index (χ4v) is 2.46. The summed E-state index contributed by atoms with van der Waals surface area (Å²) in [5.41, 5.74) is 0. The minimum absolute atomic E-state index is 0.0208. The summed E-state index contributed by atoms with van der Waals surface area (Å²) >= 11 is 0. The molecule has 0 aromatic heterocycles. The molecule has 0 spiro atoms. The van der Waals surface area contributed by atoms with Gasteiger partial charge in [-0.3, -0.25) is 19.3 Å². The third-order valence-corrected chi connectivity index (χ3v) is 3.47. The number of aliphatic carboxylic acids is 1. The maximum Gasteiger partial charge on any atom is 0.303 e. The van der Waals surface area contributed by atoms with Gasteiger partial charge in [0.2, 0.25) is 11.8 Å². The number of rotatable bonds is 7. The average Bonchev–Trinajstić information content (AvgIpc) is 2.67. The molecule has 0 radical (unpaired) electrons. The zero-order chi connectivity index (χ0) is 14.4. The van der Waals surface area contributed by atoms with E-state index in [9.17, 15) is 14.4 Å². The van der Waals surface area contributed by atoms with Crippen molar-refractivity contribution in [3.05, 3.63) is 0 Å². The molecule has 0 aromatic carbocycles. The molecule has 0 aliphatic carbocycles. The second-order valence-corrected chi connectivity index (χ2v) is 5.57. The van der Waals surface area contributed by atoms with E-state index in [0.717, 1.165) is 25.7 Å². The third-order valence-electron chi connectivity index (χ3n) is 3.47. The molecule has 19 heavy (non-hydrogen) atoms. The summed E-state index contributed by atoms with van der Waals surface area (Å²) in [5.74, 6) is -0.867. The van der Waals surface area contributed by atoms with Crippen molar-refractivity contribution >= 4 is 17.8 Å². The average molecular weight is 269 g/mol. The lowest BCUT2D eigenvalue weighted by Gasteiger charge is -2.23. The van der Waals surface area contributed by atoms with Crippen LogP contribution in [-0.4, -0.2) is 33.8 Å². The Bertz CT molecular complexity index is 351. The first-order valence-corrected chi connectivity index (χ1v) is 6.98. The Labute approximate surface area is 114 Å². The third kappa shape index (κ3) is 5.01. The van der Waals surface area contributed by atoms with Crippen molar-refractivity contribution in [2.24, 2.45) is 5.92 Å². The molecule has 0 bridgehead atoms. The zero-order valence-electron chi connectivity index (χ0n) is 11.7. The number of hydrogen-bond acceptors (Lipinski definition) is 3. The molecule has 1 rings (SSSR count). The van der Waals surface area contributed by atoms with Crippen LogP contribution < -0.4 is 0 Å². The van der Waals surface area contributed by atoms with Gasteiger partial charge >= 0.3 is 5.97 Å². The monoisotopic (exact) mass is 269 g/mol. The highest BCUT2D eigenvalue weighted by Crippen LogP contribution is 2.25. The molecule has 1 atom stereocenters. The van der Waals surface area contributed by atoms with Crippen molar-refractivity contribution in [1.29, 1.82) is 0 Å². The van der Waals surface area contributed by atoms with Crippen LogP contribution in [0.15, 0.2) is 0 Å². The topological polar surface area (TPSA) is 74.7 Å². The Kier molecular flexibility index (Phi) is 5.99. The van der Waals surface area contributed by atoms with Gasteiger partial charge in [-0.25, -0.2) is 0 Å². The number of imide groups is 1. The summed E-state index contributed by atoms with van der Waals surface area (Å²) in [5, 5.41) is 8.58. The Morgan fingerprint density at radius 2 is 2.05 bits per heavy atom. The van der Waals surface area contributed by atoms with E-state index in [1.165, 1.54) is 4.90 Å². The highest BCUT2D eigenvalue weighted by Gasteiger charge is 2.34. The molecule has 1 aliphatic rings. The summed E-state index contributed by atoms with van der Waals surface area (Å²) < 4.78 is 0. The molecular weight excluding hydrogens is 246 g/mol. The molecular formula is C14H23NO4. The van der Waals surface area contributed by atoms with Gasteiger partial charge < -0.3 is 5.11 Å². The van der Waals surface area contributed by atoms with Gasteiger partial charge in [0.25, 0.3) is 0 Å². The Morgan fingerprint density at radius 3 is 2.63 bits per heavy atom. The van der Waals surface area contributed by atoms with Crippen molar-refractivity contribution < 1.29 is 19.5 Å². The van der Waals surface area contributed by atoms with E-state index in [0.29, 0.717) is 12.3 Å². The van der Waals surface area contributed by atoms with Crippen LogP contribution >= 0.6 is 0 Å². The smallest absolute Gasteiger partial charge is 0.303 e. The van der Waals surface area contributed by atoms with Crippen LogP contribution in [0.2, 0.25) is 0 Å². The van der Waals surface area contributed by atoms with Crippen molar-refractivity contribution in [3.63, 3.8) is 0 Å². The van der Waals surface area contributed by atoms with Crippen LogP contribution in [-0.2, 0) is 14.4 Å². The maximum absolute atomic E-state index is 11.9. The number of nitrogens with zero attached hydrogens (tertiary/aromatic N) is 1. The summed E-state index contributed by atoms with van der Waals surface area (Å²) in [7, 11) is 0. The fourth-order valence-electron chi connectivity index (χ4n) is 2.46. The fraction of sp³-hybridized carbons (Fsp3) is 0.786. The summed E-state index contributed by atoms with van der Waals surface area (Å²) in [6, 6.07) is -0.0208. The van der Waals surface area contributed by atoms with E-state index in [-0.39, 0.29) is 30.7 Å². The number of carbonyl (C=O) groups is 3. The maximum atomic E-state index is 11.9. The molecule has 108 valence electrons. The van der Waals surface area contributed by atoms with Crippen LogP contribution in [0.4, 0.5) is 0 Å². The van der Waals surface area contributed by atoms with Gasteiger partial charge in [-0.15, -0.1) is 0 Å². The van der Waals surface area contributed by atoms with Gasteiger partial charge in [0.1, 0.15) is 0 Å². The van der Waals surface area contributed by atoms with Gasteiger partial charge in [0.15, 0.2) is 0 Å². The molecule has 1 N–H and O–H groups in total. The summed E-state index contributed by atoms with van der Waals surface area (Å²) in [6.07, 6.45) is 3.76. The van der Waals surface area contributed by atoms with Gasteiger partial charge in [-0.1, -0.05) is 26.7 Å². The number of likely N-dealkylation sites (tertiary alicyclic amines) is 1. The van der Waals surface area contributed by atoms with Crippen LogP contribution in [0.25, 0.3) is 0 Å². The standard InChI is InChI=1S/C14H23NO4/c1-10(2)4-3-5-11-6-7-12(16)15(11)13(17)8-9-14(18)19/h10-11H,3-9H2,1-2H3,(H,18,19). The first kappa shape index (κ1) is 15.7. The van der Waals surface area contributed by atoms with Crippen molar-refractivity contribution in [2.75, 3.05) is 0 Å². The second-order valence-electron chi connectivity index (χ2n) is 5.57. The number of hydrogen-bond donors (Lipinski definition) is 1. The van der Waals surface area contributed by atoms with Gasteiger partial charge in [-0.2, -0.15) is 0 Å². The predicted octanol–water partition coefficient (Wildman–Crippen LogP) is 2.20. The molecule has 0 aromatic rings. The SMILES string of the molecule is CC(C)CCCC1CCC(=O)N1C(=O)CCC(=O)O. The first-order chi connectivity index (χ1) is 8.91. The molecule has 5 heteroatoms. The second kappa shape index (κ2) is 7.26. The van der Waals surface area contributed by atoms with Crippen molar-refractivity contribution in [3.8, 4) is 0 Å². The predicted molar refractivity (Wildman–Crippen MR) is 70.4 cm³/mol. The number of amides is 2. The molecule has 1 aliphatic heterocycles. The first-order valence-electron chi connectivity index (χ1n) is 6.98. The lowest BCUT2D eigenvalue weighted by Crippen LogP contribution is -2.38. The van der Waals surface area contributed by atoms with E-state index < -0.39 is 5.97 Å². The molecule has 1 saturated heterocycles. The largest absolute Gasteiger partial charge is 0.481 e. The van der Waals surface area contributed by atoms with Crippen LogP contribution in [0.5, 0.6) is 0 Å². The summed E-state index contributed by atoms with van der Waals surface area (Å²) in [6.45, 7) is 4.30. The molecule has 1 heterocycles. The van der Waals surface area contributed by atoms with Gasteiger partial charge in [-0.05, 0) is 18.8 Å². The van der Waals surface area contributed by atoms with Gasteiger partial charge in [0, 0.05) is 18.9 Å². The van der Waals surface area contributed by atoms with E-state index in [2.05, 4.69) is 13.8 Å². The number of carbonyl (C=O) groups excluding carboxylic acids is 2. The minimum Gasteiger partial charge on any atom is -0.481 e. The zero-order valence-corrected chi connectivity index (χ0v) is 11.7. The molecule has 2 amide bonds. The van der Waals surface area contributed by atoms with Gasteiger partial charge in [0.05, 0.1) is 6.42 Å². The van der Waals surface area contributed by atoms with Crippen molar-refractivity contribution in [1.82, 2.24) is 4.90 Å². The lowest BCUT2D eigenvalue weighted by molar-refractivity contribution is -0.147. The van der Waals surface area contributed by atoms with E-state index in [4.69, 9.17) is 5.11 Å². The van der Waals surface area contributed by atoms with Crippen LogP contribution in [0.3, 0.4) is 0 Å². The molecule has 1 unspecified atom stereocenters. The normalized spacial score (nSPS) is 19.2. The van der Waals surface area contributed by atoms with Crippen molar-refractivity contribution in [2.45, 2.75) is 64.8 Å². The Morgan fingerprint density at radius 1 is 1.37 bits per heavy atom. The number of carboxylic acids is 1. The molecule has 0 saturated carbocycles. The van der Waals surface area contributed by atoms with E-state index in [1.807, 2.05) is 0 Å².